The lowest BCUT2D eigenvalue weighted by Crippen LogP contribution is -2.16. The van der Waals surface area contributed by atoms with Gasteiger partial charge in [0.1, 0.15) is 12.7 Å². The molecule has 0 saturated heterocycles. The number of nitrogens with zero attached hydrogens (tertiary/aromatic N) is 6. The zero-order chi connectivity index (χ0) is 24.2. The Morgan fingerprint density at radius 3 is 2.31 bits per heavy atom. The number of ether oxygens (including phenoxy) is 1. The highest BCUT2D eigenvalue weighted by Crippen LogP contribution is 2.26. The van der Waals surface area contributed by atoms with Crippen LogP contribution < -0.4 is 0 Å². The van der Waals surface area contributed by atoms with Gasteiger partial charge in [-0.05, 0) is 64.6 Å². The van der Waals surface area contributed by atoms with Crippen molar-refractivity contribution in [2.45, 2.75) is 19.3 Å². The van der Waals surface area contributed by atoms with Crippen LogP contribution in [0, 0.1) is 4.77 Å². The van der Waals surface area contributed by atoms with Crippen molar-refractivity contribution in [3.05, 3.63) is 105 Å². The number of aromatic nitrogens is 7. The number of tetrazole rings is 1. The Labute approximate surface area is 216 Å². The van der Waals surface area contributed by atoms with Crippen LogP contribution in [-0.4, -0.2) is 35.0 Å². The molecule has 5 aromatic rings. The predicted molar refractivity (Wildman–Crippen MR) is 136 cm³/mol. The van der Waals surface area contributed by atoms with Crippen LogP contribution in [0.25, 0.3) is 17.1 Å². The fourth-order valence-corrected chi connectivity index (χ4v) is 4.18. The van der Waals surface area contributed by atoms with Crippen LogP contribution in [0.15, 0.2) is 78.9 Å². The molecule has 0 fully saturated rings. The first-order chi connectivity index (χ1) is 17.1. The molecule has 176 valence electrons. The molecule has 5 rings (SSSR count). The summed E-state index contributed by atoms with van der Waals surface area (Å²) in [5.74, 6) is 1.27. The molecule has 0 aliphatic carbocycles. The van der Waals surface area contributed by atoms with E-state index in [9.17, 15) is 0 Å². The Bertz CT molecular complexity index is 1460. The summed E-state index contributed by atoms with van der Waals surface area (Å²) < 4.78 is 10.4. The van der Waals surface area contributed by atoms with Crippen LogP contribution in [0.2, 0.25) is 10.0 Å². The smallest absolute Gasteiger partial charge is 0.199 e. The molecule has 0 spiro atoms. The van der Waals surface area contributed by atoms with Crippen molar-refractivity contribution in [2.24, 2.45) is 0 Å². The highest BCUT2D eigenvalue weighted by Gasteiger charge is 2.19. The third-order valence-electron chi connectivity index (χ3n) is 5.38. The molecular formula is C24H19Cl2N7OS. The fourth-order valence-electron chi connectivity index (χ4n) is 3.67. The summed E-state index contributed by atoms with van der Waals surface area (Å²) in [6.07, 6.45) is -0.387. The fraction of sp³-hybridized carbons (Fsp3) is 0.125. The molecule has 0 amide bonds. The molecule has 0 bridgehead atoms. The normalized spacial score (nSPS) is 12.1. The molecule has 2 heterocycles. The largest absolute Gasteiger partial charge is 0.364 e. The first-order valence-corrected chi connectivity index (χ1v) is 11.9. The van der Waals surface area contributed by atoms with Crippen molar-refractivity contribution in [3.63, 3.8) is 0 Å². The lowest BCUT2D eigenvalue weighted by Gasteiger charge is -2.19. The summed E-state index contributed by atoms with van der Waals surface area (Å²) in [7, 11) is 0. The molecule has 0 aliphatic heterocycles. The number of nitrogens with one attached hydrogen (secondary N) is 1. The van der Waals surface area contributed by atoms with Crippen LogP contribution >= 0.6 is 35.4 Å². The topological polar surface area (TPSA) is 86.4 Å². The summed E-state index contributed by atoms with van der Waals surface area (Å²) >= 11 is 17.6. The summed E-state index contributed by atoms with van der Waals surface area (Å²) in [5.41, 5.74) is 2.67. The van der Waals surface area contributed by atoms with Crippen molar-refractivity contribution in [1.29, 1.82) is 0 Å². The monoisotopic (exact) mass is 523 g/mol. The van der Waals surface area contributed by atoms with Gasteiger partial charge in [-0.25, -0.2) is 4.68 Å². The Kier molecular flexibility index (Phi) is 7.01. The van der Waals surface area contributed by atoms with E-state index < -0.39 is 0 Å². The third kappa shape index (κ3) is 5.33. The minimum absolute atomic E-state index is 0.186. The molecule has 11 heteroatoms. The molecule has 35 heavy (non-hydrogen) atoms. The van der Waals surface area contributed by atoms with E-state index in [1.54, 1.807) is 16.8 Å². The van der Waals surface area contributed by atoms with Crippen LogP contribution in [0.5, 0.6) is 0 Å². The molecule has 1 atom stereocenters. The number of rotatable bonds is 8. The Hall–Kier alpha value is -3.37. The van der Waals surface area contributed by atoms with Crippen LogP contribution in [0.4, 0.5) is 0 Å². The van der Waals surface area contributed by atoms with Gasteiger partial charge in [0.2, 0.25) is 0 Å². The van der Waals surface area contributed by atoms with Crippen molar-refractivity contribution in [3.8, 4) is 17.1 Å². The minimum atomic E-state index is -0.387. The summed E-state index contributed by atoms with van der Waals surface area (Å²) in [6.45, 7) is 0.566. The van der Waals surface area contributed by atoms with Gasteiger partial charge in [-0.2, -0.15) is 5.10 Å². The third-order valence-corrected chi connectivity index (χ3v) is 6.16. The Morgan fingerprint density at radius 1 is 0.914 bits per heavy atom. The minimum Gasteiger partial charge on any atom is -0.364 e. The molecule has 0 saturated carbocycles. The van der Waals surface area contributed by atoms with Gasteiger partial charge in [0.05, 0.1) is 6.54 Å². The van der Waals surface area contributed by atoms with E-state index in [1.807, 2.05) is 71.3 Å². The average Bonchev–Trinajstić information content (AvgIpc) is 3.50. The number of hydrogen-bond acceptors (Lipinski definition) is 6. The first-order valence-electron chi connectivity index (χ1n) is 10.7. The van der Waals surface area contributed by atoms with E-state index in [-0.39, 0.29) is 12.7 Å². The number of benzene rings is 3. The highest BCUT2D eigenvalue weighted by atomic mass is 35.5. The summed E-state index contributed by atoms with van der Waals surface area (Å²) in [6, 6.07) is 24.6. The van der Waals surface area contributed by atoms with E-state index in [0.717, 1.165) is 16.8 Å². The summed E-state index contributed by atoms with van der Waals surface area (Å²) in [5, 5.41) is 20.8. The molecule has 2 aromatic heterocycles. The van der Waals surface area contributed by atoms with E-state index in [0.29, 0.717) is 33.0 Å². The second-order valence-corrected chi connectivity index (χ2v) is 8.92. The van der Waals surface area contributed by atoms with Crippen LogP contribution in [-0.2, 0) is 17.9 Å². The number of halogens is 2. The predicted octanol–water partition coefficient (Wildman–Crippen LogP) is 5.85. The maximum atomic E-state index is 6.38. The first kappa shape index (κ1) is 23.4. The zero-order valence-electron chi connectivity index (χ0n) is 18.3. The lowest BCUT2D eigenvalue weighted by molar-refractivity contribution is 0.0213. The van der Waals surface area contributed by atoms with Gasteiger partial charge < -0.3 is 4.74 Å². The van der Waals surface area contributed by atoms with Crippen molar-refractivity contribution in [2.75, 3.05) is 0 Å². The van der Waals surface area contributed by atoms with E-state index >= 15 is 0 Å². The van der Waals surface area contributed by atoms with Gasteiger partial charge in [-0.15, -0.1) is 5.10 Å². The number of H-pyrrole nitrogens is 1. The maximum Gasteiger partial charge on any atom is 0.199 e. The van der Waals surface area contributed by atoms with Crippen LogP contribution in [0.3, 0.4) is 0 Å². The van der Waals surface area contributed by atoms with E-state index in [1.165, 1.54) is 0 Å². The van der Waals surface area contributed by atoms with Crippen molar-refractivity contribution in [1.82, 2.24) is 35.0 Å². The van der Waals surface area contributed by atoms with Gasteiger partial charge in [0.25, 0.3) is 0 Å². The van der Waals surface area contributed by atoms with Gasteiger partial charge in [-0.3, -0.25) is 9.67 Å². The molecule has 0 aliphatic rings. The number of aromatic amines is 1. The van der Waals surface area contributed by atoms with Gasteiger partial charge in [0, 0.05) is 21.3 Å². The molecule has 1 N–H and O–H groups in total. The highest BCUT2D eigenvalue weighted by molar-refractivity contribution is 7.71. The van der Waals surface area contributed by atoms with Crippen molar-refractivity contribution >= 4 is 35.4 Å². The lowest BCUT2D eigenvalue weighted by atomic mass is 10.1. The second kappa shape index (κ2) is 10.5. The van der Waals surface area contributed by atoms with Gasteiger partial charge in [0.15, 0.2) is 16.4 Å². The quantitative estimate of drug-likeness (QED) is 0.257. The van der Waals surface area contributed by atoms with Gasteiger partial charge >= 0.3 is 0 Å². The summed E-state index contributed by atoms with van der Waals surface area (Å²) in [4.78, 5) is 0. The van der Waals surface area contributed by atoms with E-state index in [2.05, 4.69) is 25.7 Å². The van der Waals surface area contributed by atoms with Crippen LogP contribution in [0.1, 0.15) is 17.5 Å². The number of hydrogen-bond donors (Lipinski definition) is 1. The molecule has 1 unspecified atom stereocenters. The standard InChI is InChI=1S/C24H19Cl2N7OS/c25-18-8-6-16(7-9-18)21(14-32-23(28-30-31-32)17-4-2-1-3-5-17)34-15-22-27-29-24(35)33(22)20-12-10-19(26)11-13-20/h1-13,21H,14-15H2,(H,29,35). The Morgan fingerprint density at radius 2 is 1.60 bits per heavy atom. The average molecular weight is 524 g/mol. The maximum absolute atomic E-state index is 6.38. The molecule has 0 radical (unpaired) electrons. The zero-order valence-corrected chi connectivity index (χ0v) is 20.6. The molecule has 8 nitrogen and oxygen atoms in total. The second-order valence-electron chi connectivity index (χ2n) is 7.66. The SMILES string of the molecule is S=c1[nH]nc(COC(Cn2nnnc2-c2ccccc2)c2ccc(Cl)cc2)n1-c1ccc(Cl)cc1. The van der Waals surface area contributed by atoms with Gasteiger partial charge in [-0.1, -0.05) is 65.7 Å². The molecular weight excluding hydrogens is 505 g/mol. The van der Waals surface area contributed by atoms with E-state index in [4.69, 9.17) is 40.2 Å². The van der Waals surface area contributed by atoms with Crippen molar-refractivity contribution < 1.29 is 4.74 Å². The Balaban J connectivity index is 1.43. The molecule has 3 aromatic carbocycles.